The molecule has 0 aromatic heterocycles. The SMILES string of the molecule is CCCCCCCCCCCCCCCC[N+](C)(C)CCCOC([O-])C(C#N)C#N. The molecule has 0 amide bonds. The number of nitrogens with zero attached hydrogens (tertiary/aromatic N) is 3. The molecule has 30 heavy (non-hydrogen) atoms. The van der Waals surface area contributed by atoms with Gasteiger partial charge in [-0.25, -0.2) is 0 Å². The highest BCUT2D eigenvalue weighted by atomic mass is 16.6. The maximum Gasteiger partial charge on any atom is 0.144 e. The molecule has 0 heterocycles. The maximum absolute atomic E-state index is 11.6. The summed E-state index contributed by atoms with van der Waals surface area (Å²) in [5.74, 6) is -1.22. The van der Waals surface area contributed by atoms with Crippen LogP contribution in [-0.2, 0) is 4.74 Å². The molecule has 0 aliphatic carbocycles. The van der Waals surface area contributed by atoms with E-state index < -0.39 is 12.2 Å². The fourth-order valence-electron chi connectivity index (χ4n) is 3.79. The standard InChI is InChI=1S/C25H47N3O2/c1-4-5-6-7-8-9-10-11-12-13-14-15-16-17-19-28(2,3)20-18-21-30-25(29)24(22-26)23-27/h24-25H,4-21H2,1-3H3. The Kier molecular flexibility index (Phi) is 19.0. The largest absolute Gasteiger partial charge is 0.829 e. The molecule has 0 aliphatic heterocycles. The average Bonchev–Trinajstić information content (AvgIpc) is 2.72. The molecule has 0 rings (SSSR count). The molecule has 0 N–H and O–H groups in total. The van der Waals surface area contributed by atoms with Gasteiger partial charge < -0.3 is 14.3 Å². The van der Waals surface area contributed by atoms with Gasteiger partial charge in [-0.3, -0.25) is 0 Å². The molecule has 0 radical (unpaired) electrons. The van der Waals surface area contributed by atoms with Gasteiger partial charge in [0.1, 0.15) is 5.92 Å². The summed E-state index contributed by atoms with van der Waals surface area (Å²) in [6.45, 7) is 4.66. The third kappa shape index (κ3) is 17.7. The van der Waals surface area contributed by atoms with E-state index in [4.69, 9.17) is 15.3 Å². The van der Waals surface area contributed by atoms with Crippen LogP contribution in [0.5, 0.6) is 0 Å². The summed E-state index contributed by atoms with van der Waals surface area (Å²) in [4.78, 5) is 0. The minimum atomic E-state index is -1.55. The first-order valence-electron chi connectivity index (χ1n) is 12.4. The second-order valence-electron chi connectivity index (χ2n) is 9.31. The highest BCUT2D eigenvalue weighted by Gasteiger charge is 2.15. The summed E-state index contributed by atoms with van der Waals surface area (Å²) >= 11 is 0. The normalized spacial score (nSPS) is 12.6. The molecule has 0 aromatic rings. The van der Waals surface area contributed by atoms with Crippen LogP contribution >= 0.6 is 0 Å². The molecule has 0 saturated heterocycles. The zero-order valence-electron chi connectivity index (χ0n) is 20.0. The zero-order chi connectivity index (χ0) is 22.5. The lowest BCUT2D eigenvalue weighted by Crippen LogP contribution is -2.42. The van der Waals surface area contributed by atoms with Gasteiger partial charge in [-0.2, -0.15) is 10.5 Å². The van der Waals surface area contributed by atoms with Gasteiger partial charge in [-0.05, 0) is 12.8 Å². The van der Waals surface area contributed by atoms with Crippen LogP contribution in [0.2, 0.25) is 0 Å². The van der Waals surface area contributed by atoms with Crippen LogP contribution in [0, 0.1) is 28.6 Å². The molecular formula is C25H47N3O2. The van der Waals surface area contributed by atoms with Crippen molar-refractivity contribution in [3.05, 3.63) is 0 Å². The third-order valence-corrected chi connectivity index (χ3v) is 5.86. The Balaban J connectivity index is 3.48. The quantitative estimate of drug-likeness (QED) is 0.143. The molecule has 0 fully saturated rings. The molecule has 0 aromatic carbocycles. The summed E-state index contributed by atoms with van der Waals surface area (Å²) in [5.41, 5.74) is 0. The Morgan fingerprint density at radius 1 is 0.700 bits per heavy atom. The molecule has 174 valence electrons. The first-order chi connectivity index (χ1) is 14.5. The highest BCUT2D eigenvalue weighted by Crippen LogP contribution is 2.13. The van der Waals surface area contributed by atoms with Crippen LogP contribution in [0.25, 0.3) is 0 Å². The van der Waals surface area contributed by atoms with Gasteiger partial charge >= 0.3 is 0 Å². The van der Waals surface area contributed by atoms with E-state index in [9.17, 15) is 5.11 Å². The third-order valence-electron chi connectivity index (χ3n) is 5.86. The predicted octanol–water partition coefficient (Wildman–Crippen LogP) is 5.30. The molecule has 1 atom stereocenters. The first-order valence-corrected chi connectivity index (χ1v) is 12.4. The van der Waals surface area contributed by atoms with Crippen molar-refractivity contribution in [1.82, 2.24) is 0 Å². The van der Waals surface area contributed by atoms with Gasteiger partial charge in [-0.1, -0.05) is 84.0 Å². The number of unbranched alkanes of at least 4 members (excludes halogenated alkanes) is 13. The summed E-state index contributed by atoms with van der Waals surface area (Å²) in [6, 6.07) is 3.35. The van der Waals surface area contributed by atoms with E-state index in [0.717, 1.165) is 24.0 Å². The number of rotatable bonds is 21. The number of nitriles is 2. The van der Waals surface area contributed by atoms with Crippen molar-refractivity contribution in [3.8, 4) is 12.1 Å². The molecule has 5 nitrogen and oxygen atoms in total. The van der Waals surface area contributed by atoms with Crippen molar-refractivity contribution in [3.63, 3.8) is 0 Å². The lowest BCUT2D eigenvalue weighted by Gasteiger charge is -2.30. The van der Waals surface area contributed by atoms with Crippen LogP contribution in [0.1, 0.15) is 103 Å². The lowest BCUT2D eigenvalue weighted by atomic mass is 10.0. The van der Waals surface area contributed by atoms with E-state index in [1.54, 1.807) is 12.1 Å². The summed E-state index contributed by atoms with van der Waals surface area (Å²) in [6.07, 6.45) is 18.5. The van der Waals surface area contributed by atoms with Crippen LogP contribution in [0.4, 0.5) is 0 Å². The molecule has 5 heteroatoms. The van der Waals surface area contributed by atoms with E-state index in [-0.39, 0.29) is 0 Å². The second kappa shape index (κ2) is 19.8. The minimum Gasteiger partial charge on any atom is -0.829 e. The van der Waals surface area contributed by atoms with Crippen molar-refractivity contribution >= 4 is 0 Å². The Morgan fingerprint density at radius 2 is 1.10 bits per heavy atom. The Labute approximate surface area is 186 Å². The van der Waals surface area contributed by atoms with Gasteiger partial charge in [0, 0.05) is 12.7 Å². The Bertz CT molecular complexity index is 454. The van der Waals surface area contributed by atoms with Crippen LogP contribution in [-0.4, -0.2) is 44.6 Å². The van der Waals surface area contributed by atoms with E-state index in [0.29, 0.717) is 6.61 Å². The predicted molar refractivity (Wildman–Crippen MR) is 121 cm³/mol. The minimum absolute atomic E-state index is 0.314. The summed E-state index contributed by atoms with van der Waals surface area (Å²) < 4.78 is 6.02. The topological polar surface area (TPSA) is 79.9 Å². The van der Waals surface area contributed by atoms with Gasteiger partial charge in [0.25, 0.3) is 0 Å². The van der Waals surface area contributed by atoms with E-state index in [1.807, 2.05) is 0 Å². The van der Waals surface area contributed by atoms with Crippen LogP contribution in [0.15, 0.2) is 0 Å². The van der Waals surface area contributed by atoms with Gasteiger partial charge in [0.15, 0.2) is 0 Å². The molecule has 1 unspecified atom stereocenters. The number of hydrogen-bond donors (Lipinski definition) is 0. The lowest BCUT2D eigenvalue weighted by molar-refractivity contribution is -0.890. The molecule has 0 saturated carbocycles. The van der Waals surface area contributed by atoms with E-state index in [1.165, 1.54) is 89.9 Å². The summed E-state index contributed by atoms with van der Waals surface area (Å²) in [7, 11) is 4.43. The second-order valence-corrected chi connectivity index (χ2v) is 9.31. The van der Waals surface area contributed by atoms with E-state index >= 15 is 0 Å². The Morgan fingerprint density at radius 3 is 1.53 bits per heavy atom. The van der Waals surface area contributed by atoms with Crippen molar-refractivity contribution in [2.75, 3.05) is 33.8 Å². The van der Waals surface area contributed by atoms with Crippen LogP contribution < -0.4 is 5.11 Å². The monoisotopic (exact) mass is 421 g/mol. The molecule has 0 spiro atoms. The maximum atomic E-state index is 11.6. The van der Waals surface area contributed by atoms with Crippen LogP contribution in [0.3, 0.4) is 0 Å². The van der Waals surface area contributed by atoms with Gasteiger partial charge in [0.2, 0.25) is 0 Å². The zero-order valence-corrected chi connectivity index (χ0v) is 20.0. The molecular weight excluding hydrogens is 374 g/mol. The number of quaternary nitrogens is 1. The van der Waals surface area contributed by atoms with Crippen molar-refractivity contribution in [1.29, 1.82) is 10.5 Å². The first kappa shape index (κ1) is 28.9. The fourth-order valence-corrected chi connectivity index (χ4v) is 3.79. The number of ether oxygens (including phenoxy) is 1. The van der Waals surface area contributed by atoms with E-state index in [2.05, 4.69) is 21.0 Å². The summed E-state index contributed by atoms with van der Waals surface area (Å²) in [5, 5.41) is 28.9. The van der Waals surface area contributed by atoms with Crippen molar-refractivity contribution in [2.45, 2.75) is 110 Å². The smallest absolute Gasteiger partial charge is 0.144 e. The van der Waals surface area contributed by atoms with Crippen molar-refractivity contribution in [2.24, 2.45) is 5.92 Å². The molecule has 0 bridgehead atoms. The van der Waals surface area contributed by atoms with Gasteiger partial charge in [0.05, 0.1) is 45.9 Å². The number of hydrogen-bond acceptors (Lipinski definition) is 4. The fraction of sp³-hybridized carbons (Fsp3) is 0.920. The highest BCUT2D eigenvalue weighted by molar-refractivity contribution is 5.00. The van der Waals surface area contributed by atoms with Gasteiger partial charge in [-0.15, -0.1) is 0 Å². The Hall–Kier alpha value is -1.14. The average molecular weight is 422 g/mol. The van der Waals surface area contributed by atoms with Crippen molar-refractivity contribution < 1.29 is 14.3 Å². The molecule has 0 aliphatic rings.